The molecular formula is C13H8ClF5N2O2S. The third kappa shape index (κ3) is 3.93. The molecule has 130 valence electrons. The first-order chi connectivity index (χ1) is 11.1. The van der Waals surface area contributed by atoms with Gasteiger partial charge < -0.3 is 9.88 Å². The van der Waals surface area contributed by atoms with Gasteiger partial charge in [0.15, 0.2) is 5.82 Å². The molecule has 1 N–H and O–H groups in total. The zero-order valence-corrected chi connectivity index (χ0v) is 13.2. The summed E-state index contributed by atoms with van der Waals surface area (Å²) in [7, 11) is 0. The number of carbonyl (C=O) groups is 1. The van der Waals surface area contributed by atoms with Crippen LogP contribution in [0.25, 0.3) is 0 Å². The van der Waals surface area contributed by atoms with Crippen molar-refractivity contribution in [3.8, 4) is 0 Å². The van der Waals surface area contributed by atoms with Crippen LogP contribution in [0.3, 0.4) is 0 Å². The molecule has 0 spiro atoms. The highest BCUT2D eigenvalue weighted by atomic mass is 35.5. The molecule has 0 saturated heterocycles. The minimum absolute atomic E-state index is 0.124. The molecule has 4 nitrogen and oxygen atoms in total. The summed E-state index contributed by atoms with van der Waals surface area (Å²) in [6.45, 7) is -1.37. The number of pyridine rings is 1. The van der Waals surface area contributed by atoms with Crippen LogP contribution in [0.5, 0.6) is 0 Å². The van der Waals surface area contributed by atoms with Crippen LogP contribution in [0.2, 0.25) is 5.02 Å². The van der Waals surface area contributed by atoms with Crippen molar-refractivity contribution in [2.24, 2.45) is 0 Å². The van der Waals surface area contributed by atoms with Gasteiger partial charge in [-0.15, -0.1) is 11.3 Å². The lowest BCUT2D eigenvalue weighted by atomic mass is 10.3. The summed E-state index contributed by atoms with van der Waals surface area (Å²) in [5.74, 6) is -2.20. The van der Waals surface area contributed by atoms with Crippen LogP contribution in [0.15, 0.2) is 23.1 Å². The predicted molar refractivity (Wildman–Crippen MR) is 78.9 cm³/mol. The van der Waals surface area contributed by atoms with E-state index in [1.165, 1.54) is 0 Å². The highest BCUT2D eigenvalue weighted by molar-refractivity contribution is 7.14. The van der Waals surface area contributed by atoms with Gasteiger partial charge in [0.05, 0.1) is 22.1 Å². The second-order valence-electron chi connectivity index (χ2n) is 4.50. The van der Waals surface area contributed by atoms with Gasteiger partial charge >= 0.3 is 6.18 Å². The van der Waals surface area contributed by atoms with E-state index < -0.39 is 46.6 Å². The van der Waals surface area contributed by atoms with Crippen molar-refractivity contribution in [3.05, 3.63) is 49.3 Å². The van der Waals surface area contributed by atoms with Crippen molar-refractivity contribution in [3.63, 3.8) is 0 Å². The summed E-state index contributed by atoms with van der Waals surface area (Å²) in [6.07, 6.45) is -3.72. The lowest BCUT2D eigenvalue weighted by Gasteiger charge is -2.08. The average Bonchev–Trinajstić information content (AvgIpc) is 2.86. The normalized spacial score (nSPS) is 11.6. The van der Waals surface area contributed by atoms with Crippen molar-refractivity contribution in [2.75, 3.05) is 12.0 Å². The Kier molecular flexibility index (Phi) is 5.29. The maximum atomic E-state index is 13.5. The Balaban J connectivity index is 2.29. The molecule has 2 aromatic rings. The van der Waals surface area contributed by atoms with Gasteiger partial charge in [-0.05, 0) is 6.07 Å². The zero-order chi connectivity index (χ0) is 18.1. The molecule has 0 saturated carbocycles. The number of aromatic nitrogens is 1. The molecule has 0 atom stereocenters. The quantitative estimate of drug-likeness (QED) is 0.809. The Morgan fingerprint density at radius 3 is 2.54 bits per heavy atom. The van der Waals surface area contributed by atoms with Crippen LogP contribution in [-0.4, -0.2) is 17.1 Å². The lowest BCUT2D eigenvalue weighted by Crippen LogP contribution is -2.24. The fourth-order valence-corrected chi connectivity index (χ4v) is 3.00. The minimum Gasteiger partial charge on any atom is -0.320 e. The zero-order valence-electron chi connectivity index (χ0n) is 11.6. The molecule has 0 radical (unpaired) electrons. The maximum Gasteiger partial charge on any atom is 0.427 e. The highest BCUT2D eigenvalue weighted by Gasteiger charge is 2.36. The monoisotopic (exact) mass is 386 g/mol. The van der Waals surface area contributed by atoms with Crippen LogP contribution in [-0.2, 0) is 12.7 Å². The largest absolute Gasteiger partial charge is 0.427 e. The van der Waals surface area contributed by atoms with Gasteiger partial charge in [0, 0.05) is 12.3 Å². The van der Waals surface area contributed by atoms with Crippen LogP contribution in [0.4, 0.5) is 27.6 Å². The molecule has 0 aliphatic rings. The summed E-state index contributed by atoms with van der Waals surface area (Å²) in [5.41, 5.74) is -1.28. The molecule has 2 heterocycles. The molecule has 2 aromatic heterocycles. The Labute approximate surface area is 140 Å². The first-order valence-corrected chi connectivity index (χ1v) is 7.46. The van der Waals surface area contributed by atoms with E-state index in [-0.39, 0.29) is 21.9 Å². The van der Waals surface area contributed by atoms with Gasteiger partial charge in [0.25, 0.3) is 11.5 Å². The molecule has 0 aromatic carbocycles. The molecular weight excluding hydrogens is 379 g/mol. The summed E-state index contributed by atoms with van der Waals surface area (Å²) in [6, 6.07) is 1.52. The number of anilines is 1. The van der Waals surface area contributed by atoms with Gasteiger partial charge in [-0.3, -0.25) is 9.59 Å². The van der Waals surface area contributed by atoms with Gasteiger partial charge in [-0.2, -0.15) is 13.2 Å². The Morgan fingerprint density at radius 1 is 1.33 bits per heavy atom. The Morgan fingerprint density at radius 2 is 2.00 bits per heavy atom. The molecule has 0 bridgehead atoms. The standard InChI is InChI=1S/C13H8ClF5N2O2S/c14-7-4-9(24-10(7)13(17,18)19)11(22)20-6-3-8(16)12(23)21(5-6)2-1-15/h3-5H,1-2H2,(H,20,22). The topological polar surface area (TPSA) is 51.1 Å². The number of amides is 1. The Hall–Kier alpha value is -1.94. The predicted octanol–water partition coefficient (Wildman–Crippen LogP) is 3.94. The minimum atomic E-state index is -4.71. The summed E-state index contributed by atoms with van der Waals surface area (Å²) in [4.78, 5) is 21.9. The van der Waals surface area contributed by atoms with E-state index in [0.717, 1.165) is 12.3 Å². The number of thiophene rings is 1. The number of carbonyl (C=O) groups excluding carboxylic acids is 1. The van der Waals surface area contributed by atoms with E-state index in [1.54, 1.807) is 0 Å². The third-order valence-corrected chi connectivity index (χ3v) is 4.38. The smallest absolute Gasteiger partial charge is 0.320 e. The molecule has 24 heavy (non-hydrogen) atoms. The molecule has 1 amide bonds. The third-order valence-electron chi connectivity index (χ3n) is 2.79. The lowest BCUT2D eigenvalue weighted by molar-refractivity contribution is -0.134. The fraction of sp³-hybridized carbons (Fsp3) is 0.231. The number of rotatable bonds is 4. The number of hydrogen-bond donors (Lipinski definition) is 1. The van der Waals surface area contributed by atoms with Crippen molar-refractivity contribution < 1.29 is 26.7 Å². The molecule has 0 fully saturated rings. The SMILES string of the molecule is O=C(Nc1cc(F)c(=O)n(CCF)c1)c1cc(Cl)c(C(F)(F)F)s1. The number of halogens is 6. The number of nitrogens with zero attached hydrogens (tertiary/aromatic N) is 1. The van der Waals surface area contributed by atoms with Crippen LogP contribution in [0.1, 0.15) is 14.5 Å². The van der Waals surface area contributed by atoms with E-state index in [4.69, 9.17) is 11.6 Å². The van der Waals surface area contributed by atoms with E-state index in [1.807, 2.05) is 0 Å². The highest BCUT2D eigenvalue weighted by Crippen LogP contribution is 2.40. The number of hydrogen-bond acceptors (Lipinski definition) is 3. The Bertz CT molecular complexity index is 831. The van der Waals surface area contributed by atoms with Gasteiger partial charge in [0.2, 0.25) is 0 Å². The summed E-state index contributed by atoms with van der Waals surface area (Å²) < 4.78 is 64.5. The summed E-state index contributed by atoms with van der Waals surface area (Å²) >= 11 is 5.58. The van der Waals surface area contributed by atoms with Crippen LogP contribution < -0.4 is 10.9 Å². The first-order valence-electron chi connectivity index (χ1n) is 6.27. The number of aryl methyl sites for hydroxylation is 1. The van der Waals surface area contributed by atoms with Crippen LogP contribution >= 0.6 is 22.9 Å². The van der Waals surface area contributed by atoms with Gasteiger partial charge in [-0.1, -0.05) is 11.6 Å². The van der Waals surface area contributed by atoms with Gasteiger partial charge in [-0.25, -0.2) is 8.78 Å². The van der Waals surface area contributed by atoms with Gasteiger partial charge in [0.1, 0.15) is 11.6 Å². The second-order valence-corrected chi connectivity index (χ2v) is 5.96. The van der Waals surface area contributed by atoms with E-state index >= 15 is 0 Å². The van der Waals surface area contributed by atoms with Crippen molar-refractivity contribution >= 4 is 34.5 Å². The van der Waals surface area contributed by atoms with Crippen LogP contribution in [0, 0.1) is 5.82 Å². The maximum absolute atomic E-state index is 13.5. The van der Waals surface area contributed by atoms with Crippen molar-refractivity contribution in [2.45, 2.75) is 12.7 Å². The number of nitrogens with one attached hydrogen (secondary N) is 1. The molecule has 0 aliphatic heterocycles. The average molecular weight is 387 g/mol. The first kappa shape index (κ1) is 18.4. The fourth-order valence-electron chi connectivity index (χ4n) is 1.79. The van der Waals surface area contributed by atoms with E-state index in [9.17, 15) is 31.5 Å². The van der Waals surface area contributed by atoms with Crippen molar-refractivity contribution in [1.82, 2.24) is 4.57 Å². The van der Waals surface area contributed by atoms with Crippen molar-refractivity contribution in [1.29, 1.82) is 0 Å². The molecule has 0 aliphatic carbocycles. The summed E-state index contributed by atoms with van der Waals surface area (Å²) in [5, 5.41) is 1.51. The van der Waals surface area contributed by atoms with E-state index in [0.29, 0.717) is 10.6 Å². The second kappa shape index (κ2) is 6.89. The number of alkyl halides is 4. The van der Waals surface area contributed by atoms with E-state index in [2.05, 4.69) is 5.32 Å². The molecule has 0 unspecified atom stereocenters. The molecule has 2 rings (SSSR count). The molecule has 11 heteroatoms.